The van der Waals surface area contributed by atoms with Gasteiger partial charge in [-0.05, 0) is 25.5 Å². The van der Waals surface area contributed by atoms with Crippen LogP contribution in [0, 0.1) is 18.6 Å². The van der Waals surface area contributed by atoms with Gasteiger partial charge in [0.15, 0.2) is 5.82 Å². The van der Waals surface area contributed by atoms with Crippen molar-refractivity contribution < 1.29 is 18.4 Å². The van der Waals surface area contributed by atoms with Gasteiger partial charge in [0.1, 0.15) is 11.6 Å². The molecule has 1 aliphatic rings. The summed E-state index contributed by atoms with van der Waals surface area (Å²) in [5.41, 5.74) is 0.0938. The van der Waals surface area contributed by atoms with Crippen LogP contribution < -0.4 is 0 Å². The molecular formula is C15H17F2N3O2. The Morgan fingerprint density at radius 1 is 1.45 bits per heavy atom. The van der Waals surface area contributed by atoms with E-state index in [1.807, 2.05) is 4.90 Å². The summed E-state index contributed by atoms with van der Waals surface area (Å²) in [7, 11) is 0. The Balaban J connectivity index is 1.73. The van der Waals surface area contributed by atoms with Gasteiger partial charge in [-0.2, -0.15) is 4.98 Å². The Morgan fingerprint density at radius 2 is 2.27 bits per heavy atom. The highest BCUT2D eigenvalue weighted by Gasteiger charge is 2.31. The van der Waals surface area contributed by atoms with Crippen LogP contribution in [0.5, 0.6) is 0 Å². The third-order valence-electron chi connectivity index (χ3n) is 3.93. The molecule has 1 aliphatic heterocycles. The minimum Gasteiger partial charge on any atom is -0.387 e. The molecule has 22 heavy (non-hydrogen) atoms. The lowest BCUT2D eigenvalue weighted by atomic mass is 10.1. The maximum atomic E-state index is 13.7. The number of rotatable bonds is 4. The summed E-state index contributed by atoms with van der Waals surface area (Å²) >= 11 is 0. The number of hydrogen-bond donors (Lipinski definition) is 1. The molecule has 2 aromatic rings. The molecule has 0 spiro atoms. The second-order valence-electron chi connectivity index (χ2n) is 5.51. The van der Waals surface area contributed by atoms with Gasteiger partial charge in [0.05, 0.1) is 12.1 Å². The zero-order valence-electron chi connectivity index (χ0n) is 12.2. The lowest BCUT2D eigenvalue weighted by molar-refractivity contribution is 0.100. The van der Waals surface area contributed by atoms with Gasteiger partial charge in [-0.1, -0.05) is 11.2 Å². The van der Waals surface area contributed by atoms with Crippen molar-refractivity contribution in [3.05, 3.63) is 47.1 Å². The molecule has 1 fully saturated rings. The molecule has 7 heteroatoms. The molecule has 2 heterocycles. The predicted molar refractivity (Wildman–Crippen MR) is 73.9 cm³/mol. The summed E-state index contributed by atoms with van der Waals surface area (Å²) in [6, 6.07) is 3.16. The molecule has 0 unspecified atom stereocenters. The van der Waals surface area contributed by atoms with Gasteiger partial charge >= 0.3 is 0 Å². The van der Waals surface area contributed by atoms with Gasteiger partial charge in [0.2, 0.25) is 5.89 Å². The maximum Gasteiger partial charge on any atom is 0.223 e. The zero-order chi connectivity index (χ0) is 15.7. The molecule has 1 aromatic heterocycles. The molecule has 0 amide bonds. The Morgan fingerprint density at radius 3 is 2.95 bits per heavy atom. The quantitative estimate of drug-likeness (QED) is 0.940. The van der Waals surface area contributed by atoms with E-state index in [0.29, 0.717) is 11.7 Å². The summed E-state index contributed by atoms with van der Waals surface area (Å²) in [4.78, 5) is 6.23. The first-order valence-corrected chi connectivity index (χ1v) is 7.22. The van der Waals surface area contributed by atoms with E-state index in [0.717, 1.165) is 31.5 Å². The van der Waals surface area contributed by atoms with Gasteiger partial charge < -0.3 is 9.63 Å². The third-order valence-corrected chi connectivity index (χ3v) is 3.93. The highest BCUT2D eigenvalue weighted by molar-refractivity contribution is 5.21. The maximum absolute atomic E-state index is 13.7. The van der Waals surface area contributed by atoms with Crippen LogP contribution in [-0.4, -0.2) is 33.2 Å². The summed E-state index contributed by atoms with van der Waals surface area (Å²) in [6.07, 6.45) is 0.767. The summed E-state index contributed by atoms with van der Waals surface area (Å²) in [5, 5.41) is 14.2. The van der Waals surface area contributed by atoms with Crippen LogP contribution in [0.4, 0.5) is 8.78 Å². The first kappa shape index (κ1) is 15.1. The van der Waals surface area contributed by atoms with Gasteiger partial charge in [-0.25, -0.2) is 8.78 Å². The molecule has 1 saturated heterocycles. The summed E-state index contributed by atoms with van der Waals surface area (Å²) < 4.78 is 31.7. The highest BCUT2D eigenvalue weighted by Crippen LogP contribution is 2.32. The average molecular weight is 309 g/mol. The fraction of sp³-hybridized carbons (Fsp3) is 0.467. The number of halogens is 2. The standard InChI is InChI=1S/C15H17F2N3O2/c1-9-18-15(19-22-9)13-3-2-6-20(13)8-14(21)11-5-4-10(16)7-12(11)17/h4-5,7,13-14,21H,2-3,6,8H2,1H3/t13-,14+/m0/s1. The van der Waals surface area contributed by atoms with Gasteiger partial charge in [-0.15, -0.1) is 0 Å². The van der Waals surface area contributed by atoms with Crippen molar-refractivity contribution in [1.82, 2.24) is 15.0 Å². The van der Waals surface area contributed by atoms with Crippen LogP contribution in [0.15, 0.2) is 22.7 Å². The second-order valence-corrected chi connectivity index (χ2v) is 5.51. The van der Waals surface area contributed by atoms with Gasteiger partial charge in [0.25, 0.3) is 0 Å². The van der Waals surface area contributed by atoms with E-state index in [1.165, 1.54) is 6.07 Å². The van der Waals surface area contributed by atoms with E-state index in [4.69, 9.17) is 4.52 Å². The summed E-state index contributed by atoms with van der Waals surface area (Å²) in [5.74, 6) is -0.317. The monoisotopic (exact) mass is 309 g/mol. The van der Waals surface area contributed by atoms with Crippen LogP contribution in [-0.2, 0) is 0 Å². The highest BCUT2D eigenvalue weighted by atomic mass is 19.1. The topological polar surface area (TPSA) is 62.4 Å². The molecule has 0 bridgehead atoms. The molecular weight excluding hydrogens is 292 g/mol. The van der Waals surface area contributed by atoms with E-state index in [-0.39, 0.29) is 18.2 Å². The van der Waals surface area contributed by atoms with Crippen LogP contribution >= 0.6 is 0 Å². The number of aromatic nitrogens is 2. The van der Waals surface area contributed by atoms with Crippen LogP contribution in [0.3, 0.4) is 0 Å². The van der Waals surface area contributed by atoms with E-state index in [9.17, 15) is 13.9 Å². The summed E-state index contributed by atoms with van der Waals surface area (Å²) in [6.45, 7) is 2.72. The van der Waals surface area contributed by atoms with E-state index in [2.05, 4.69) is 10.1 Å². The fourth-order valence-corrected chi connectivity index (χ4v) is 2.88. The number of aliphatic hydroxyl groups excluding tert-OH is 1. The van der Waals surface area contributed by atoms with Crippen molar-refractivity contribution in [1.29, 1.82) is 0 Å². The van der Waals surface area contributed by atoms with E-state index in [1.54, 1.807) is 6.92 Å². The lowest BCUT2D eigenvalue weighted by Crippen LogP contribution is -2.29. The largest absolute Gasteiger partial charge is 0.387 e. The Labute approximate surface area is 126 Å². The minimum atomic E-state index is -1.03. The molecule has 118 valence electrons. The molecule has 5 nitrogen and oxygen atoms in total. The lowest BCUT2D eigenvalue weighted by Gasteiger charge is -2.25. The molecule has 0 radical (unpaired) electrons. The number of aryl methyl sites for hydroxylation is 1. The molecule has 0 aliphatic carbocycles. The first-order chi connectivity index (χ1) is 10.5. The number of nitrogens with zero attached hydrogens (tertiary/aromatic N) is 3. The zero-order valence-corrected chi connectivity index (χ0v) is 12.2. The SMILES string of the molecule is Cc1nc([C@@H]2CCCN2C[C@@H](O)c2ccc(F)cc2F)no1. The third kappa shape index (κ3) is 3.00. The van der Waals surface area contributed by atoms with Crippen LogP contribution in [0.25, 0.3) is 0 Å². The van der Waals surface area contributed by atoms with Crippen LogP contribution in [0.1, 0.15) is 42.3 Å². The Kier molecular flexibility index (Phi) is 4.17. The number of hydrogen-bond acceptors (Lipinski definition) is 5. The van der Waals surface area contributed by atoms with Crippen molar-refractivity contribution in [2.45, 2.75) is 31.9 Å². The Bertz CT molecular complexity index is 662. The number of likely N-dealkylation sites (tertiary alicyclic amines) is 1. The number of β-amino-alcohol motifs (C(OH)–C–C–N with tert-alkyl or cyclic N) is 1. The smallest absolute Gasteiger partial charge is 0.223 e. The minimum absolute atomic E-state index is 0.0457. The number of aliphatic hydroxyl groups is 1. The molecule has 1 aromatic carbocycles. The van der Waals surface area contributed by atoms with Crippen molar-refractivity contribution in [2.24, 2.45) is 0 Å². The van der Waals surface area contributed by atoms with E-state index >= 15 is 0 Å². The molecule has 1 N–H and O–H groups in total. The average Bonchev–Trinajstić information content (AvgIpc) is 3.07. The van der Waals surface area contributed by atoms with Crippen molar-refractivity contribution in [3.63, 3.8) is 0 Å². The van der Waals surface area contributed by atoms with Gasteiger partial charge in [0, 0.05) is 25.1 Å². The molecule has 3 rings (SSSR count). The number of benzene rings is 1. The van der Waals surface area contributed by atoms with E-state index < -0.39 is 17.7 Å². The second kappa shape index (κ2) is 6.10. The first-order valence-electron chi connectivity index (χ1n) is 7.22. The fourth-order valence-electron chi connectivity index (χ4n) is 2.88. The molecule has 2 atom stereocenters. The Hall–Kier alpha value is -1.86. The normalized spacial score (nSPS) is 20.5. The van der Waals surface area contributed by atoms with Gasteiger partial charge in [-0.3, -0.25) is 4.90 Å². The van der Waals surface area contributed by atoms with Crippen LogP contribution in [0.2, 0.25) is 0 Å². The predicted octanol–water partition coefficient (Wildman–Crippen LogP) is 2.53. The van der Waals surface area contributed by atoms with Crippen molar-refractivity contribution in [3.8, 4) is 0 Å². The van der Waals surface area contributed by atoms with Crippen molar-refractivity contribution in [2.75, 3.05) is 13.1 Å². The molecule has 0 saturated carbocycles. The van der Waals surface area contributed by atoms with Crippen molar-refractivity contribution >= 4 is 0 Å².